The molecule has 11 nitrogen and oxygen atoms in total. The lowest BCUT2D eigenvalue weighted by Crippen LogP contribution is -2.52. The summed E-state index contributed by atoms with van der Waals surface area (Å²) in [5.74, 6) is 0. The van der Waals surface area contributed by atoms with Gasteiger partial charge in [0.25, 0.3) is 10.0 Å². The predicted molar refractivity (Wildman–Crippen MR) is 146 cm³/mol. The van der Waals surface area contributed by atoms with Crippen LogP contribution in [0.2, 0.25) is 0 Å². The number of aryl methyl sites for hydroxylation is 1. The highest BCUT2D eigenvalue weighted by Crippen LogP contribution is 2.45. The van der Waals surface area contributed by atoms with Gasteiger partial charge in [-0.05, 0) is 56.7 Å². The summed E-state index contributed by atoms with van der Waals surface area (Å²) >= 11 is 0. The number of carbonyl (C=O) groups excluding carboxylic acids is 1. The van der Waals surface area contributed by atoms with Gasteiger partial charge in [0, 0.05) is 18.5 Å². The molecule has 0 spiro atoms. The molecular formula is C27H23F3N6O5S2. The van der Waals surface area contributed by atoms with Crippen LogP contribution in [0.25, 0.3) is 0 Å². The van der Waals surface area contributed by atoms with Gasteiger partial charge in [-0.15, -0.1) is 0 Å². The number of hydrogen-bond donors (Lipinski definition) is 0. The van der Waals surface area contributed by atoms with Crippen LogP contribution in [-0.4, -0.2) is 43.2 Å². The molecule has 0 saturated carbocycles. The van der Waals surface area contributed by atoms with E-state index in [2.05, 4.69) is 5.10 Å². The van der Waals surface area contributed by atoms with Crippen LogP contribution >= 0.6 is 0 Å². The molecule has 2 amide bonds. The molecule has 1 aromatic heterocycles. The van der Waals surface area contributed by atoms with Crippen LogP contribution in [0.5, 0.6) is 0 Å². The molecule has 1 aliphatic heterocycles. The molecule has 0 fully saturated rings. The van der Waals surface area contributed by atoms with Crippen LogP contribution in [-0.2, 0) is 32.6 Å². The van der Waals surface area contributed by atoms with Crippen LogP contribution in [0.15, 0.2) is 69.7 Å². The molecule has 0 radical (unpaired) electrons. The molecule has 0 bridgehead atoms. The van der Waals surface area contributed by atoms with Gasteiger partial charge in [0.15, 0.2) is 9.84 Å². The number of nitrogens with zero attached hydrogens (tertiary/aromatic N) is 6. The first-order valence-corrected chi connectivity index (χ1v) is 15.7. The van der Waals surface area contributed by atoms with Gasteiger partial charge >= 0.3 is 12.2 Å². The van der Waals surface area contributed by atoms with Crippen molar-refractivity contribution in [3.63, 3.8) is 0 Å². The number of allylic oxidation sites excluding steroid dienone is 1. The number of rotatable bonds is 6. The van der Waals surface area contributed by atoms with Gasteiger partial charge in [0.1, 0.15) is 10.9 Å². The van der Waals surface area contributed by atoms with Crippen molar-refractivity contribution in [3.8, 4) is 12.1 Å². The van der Waals surface area contributed by atoms with E-state index in [-0.39, 0.29) is 39.1 Å². The lowest BCUT2D eigenvalue weighted by atomic mass is 9.94. The SMILES string of the molecule is CCn1ncc(S(=O)(=O)N2C(=O)N(c3cccc(C(F)(F)F)c3)C(C)=C(C#N)[C@H]2c2ccc(C#N)cc2S(C)(=O)=O)c1C. The van der Waals surface area contributed by atoms with E-state index in [1.54, 1.807) is 13.0 Å². The summed E-state index contributed by atoms with van der Waals surface area (Å²) < 4.78 is 96.7. The summed E-state index contributed by atoms with van der Waals surface area (Å²) in [6.07, 6.45) is -3.01. The average Bonchev–Trinajstić information content (AvgIpc) is 3.32. The quantitative estimate of drug-likeness (QED) is 0.379. The number of anilines is 1. The van der Waals surface area contributed by atoms with E-state index in [1.807, 2.05) is 6.07 Å². The number of amides is 2. The molecule has 0 saturated heterocycles. The van der Waals surface area contributed by atoms with Crippen LogP contribution in [0.4, 0.5) is 23.7 Å². The molecule has 3 aromatic rings. The number of carbonyl (C=O) groups is 1. The first kappa shape index (κ1) is 31.3. The molecule has 224 valence electrons. The number of nitriles is 2. The van der Waals surface area contributed by atoms with E-state index in [1.165, 1.54) is 24.6 Å². The van der Waals surface area contributed by atoms with Gasteiger partial charge in [-0.25, -0.2) is 25.9 Å². The number of alkyl halides is 3. The lowest BCUT2D eigenvalue weighted by molar-refractivity contribution is -0.137. The zero-order valence-corrected chi connectivity index (χ0v) is 24.7. The summed E-state index contributed by atoms with van der Waals surface area (Å²) in [6, 6.07) is 7.26. The highest BCUT2D eigenvalue weighted by atomic mass is 32.2. The van der Waals surface area contributed by atoms with Gasteiger partial charge in [-0.3, -0.25) is 9.58 Å². The molecule has 0 aliphatic carbocycles. The Labute approximate surface area is 245 Å². The second-order valence-corrected chi connectivity index (χ2v) is 13.3. The van der Waals surface area contributed by atoms with Crippen LogP contribution in [0.1, 0.15) is 42.3 Å². The fourth-order valence-corrected chi connectivity index (χ4v) is 7.44. The minimum Gasteiger partial charge on any atom is -0.269 e. The van der Waals surface area contributed by atoms with E-state index in [4.69, 9.17) is 0 Å². The number of urea groups is 1. The third-order valence-corrected chi connectivity index (χ3v) is 9.89. The van der Waals surface area contributed by atoms with Crippen molar-refractivity contribution < 1.29 is 34.8 Å². The molecule has 1 atom stereocenters. The van der Waals surface area contributed by atoms with Crippen molar-refractivity contribution in [2.75, 3.05) is 11.2 Å². The van der Waals surface area contributed by atoms with Gasteiger partial charge in [-0.2, -0.15) is 28.8 Å². The Morgan fingerprint density at radius 3 is 2.21 bits per heavy atom. The van der Waals surface area contributed by atoms with Gasteiger partial charge in [0.2, 0.25) is 0 Å². The number of sulfone groups is 1. The fraction of sp³-hybridized carbons (Fsp3) is 0.259. The zero-order chi connectivity index (χ0) is 32.1. The monoisotopic (exact) mass is 632 g/mol. The van der Waals surface area contributed by atoms with Crippen LogP contribution in [0, 0.1) is 29.6 Å². The van der Waals surface area contributed by atoms with E-state index in [9.17, 15) is 45.3 Å². The minimum absolute atomic E-state index is 0.0920. The molecule has 0 N–H and O–H groups in total. The van der Waals surface area contributed by atoms with Gasteiger partial charge < -0.3 is 0 Å². The fourth-order valence-electron chi connectivity index (χ4n) is 4.84. The number of sulfonamides is 1. The smallest absolute Gasteiger partial charge is 0.269 e. The third kappa shape index (κ3) is 5.35. The first-order valence-electron chi connectivity index (χ1n) is 12.4. The van der Waals surface area contributed by atoms with Crippen molar-refractivity contribution in [1.82, 2.24) is 14.1 Å². The average molecular weight is 633 g/mol. The van der Waals surface area contributed by atoms with Crippen molar-refractivity contribution in [2.45, 2.75) is 49.3 Å². The van der Waals surface area contributed by atoms with E-state index >= 15 is 0 Å². The molecule has 43 heavy (non-hydrogen) atoms. The largest absolute Gasteiger partial charge is 0.416 e. The number of benzene rings is 2. The van der Waals surface area contributed by atoms with Gasteiger partial charge in [0.05, 0.1) is 51.3 Å². The Balaban J connectivity index is 2.13. The highest BCUT2D eigenvalue weighted by Gasteiger charge is 2.49. The molecule has 1 aliphatic rings. The number of aromatic nitrogens is 2. The highest BCUT2D eigenvalue weighted by molar-refractivity contribution is 7.91. The summed E-state index contributed by atoms with van der Waals surface area (Å²) in [4.78, 5) is 14.0. The Hall–Kier alpha value is -4.67. The summed E-state index contributed by atoms with van der Waals surface area (Å²) in [5, 5.41) is 23.7. The number of hydrogen-bond acceptors (Lipinski definition) is 8. The second-order valence-electron chi connectivity index (χ2n) is 9.53. The zero-order valence-electron chi connectivity index (χ0n) is 23.1. The summed E-state index contributed by atoms with van der Waals surface area (Å²) in [5.41, 5.74) is -2.46. The maximum atomic E-state index is 14.3. The first-order chi connectivity index (χ1) is 20.0. The molecule has 2 aromatic carbocycles. The van der Waals surface area contributed by atoms with Crippen molar-refractivity contribution >= 4 is 31.6 Å². The van der Waals surface area contributed by atoms with E-state index in [0.717, 1.165) is 42.8 Å². The summed E-state index contributed by atoms with van der Waals surface area (Å²) in [6.45, 7) is 4.60. The lowest BCUT2D eigenvalue weighted by Gasteiger charge is -2.41. The third-order valence-electron chi connectivity index (χ3n) is 6.90. The Morgan fingerprint density at radius 1 is 1.00 bits per heavy atom. The predicted octanol–water partition coefficient (Wildman–Crippen LogP) is 4.68. The second kappa shape index (κ2) is 10.9. The topological polar surface area (TPSA) is 157 Å². The standard InChI is InChI=1S/C27H23F3N6O5S2/c1-5-34-17(3)24(15-33-34)43(40,41)36-25(21-10-9-18(13-31)11-23(21)42(4,38)39)22(14-32)16(2)35(26(36)37)20-8-6-7-19(12-20)27(28,29)30/h6-12,15,25H,5H2,1-4H3/t25-/m1/s1. The normalized spacial score (nSPS) is 16.3. The molecule has 0 unspecified atom stereocenters. The minimum atomic E-state index is -4.96. The maximum Gasteiger partial charge on any atom is 0.416 e. The Morgan fingerprint density at radius 2 is 1.67 bits per heavy atom. The maximum absolute atomic E-state index is 14.3. The molecule has 4 rings (SSSR count). The number of halogens is 3. The van der Waals surface area contributed by atoms with Crippen LogP contribution < -0.4 is 4.90 Å². The Kier molecular flexibility index (Phi) is 7.90. The van der Waals surface area contributed by atoms with E-state index < -0.39 is 59.0 Å². The van der Waals surface area contributed by atoms with Crippen molar-refractivity contribution in [1.29, 1.82) is 10.5 Å². The molecule has 16 heteroatoms. The molecule has 2 heterocycles. The van der Waals surface area contributed by atoms with Crippen molar-refractivity contribution in [2.24, 2.45) is 0 Å². The summed E-state index contributed by atoms with van der Waals surface area (Å²) in [7, 11) is -9.14. The Bertz CT molecular complexity index is 1990. The van der Waals surface area contributed by atoms with E-state index in [0.29, 0.717) is 11.0 Å². The van der Waals surface area contributed by atoms with Crippen molar-refractivity contribution in [3.05, 3.63) is 82.3 Å². The van der Waals surface area contributed by atoms with Gasteiger partial charge in [-0.1, -0.05) is 12.1 Å². The van der Waals surface area contributed by atoms with Crippen LogP contribution in [0.3, 0.4) is 0 Å². The molecular weight excluding hydrogens is 609 g/mol.